The number of nitrogen functional groups attached to an aromatic ring is 1. The number of hydrogen-bond donors (Lipinski definition) is 1. The summed E-state index contributed by atoms with van der Waals surface area (Å²) in [6.07, 6.45) is 4.54. The number of pyridine rings is 1. The van der Waals surface area contributed by atoms with Crippen LogP contribution < -0.4 is 5.73 Å². The third-order valence-electron chi connectivity index (χ3n) is 4.50. The molecule has 1 aliphatic heterocycles. The van der Waals surface area contributed by atoms with Gasteiger partial charge in [-0.3, -0.25) is 4.79 Å². The number of thiophene rings is 1. The third-order valence-corrected chi connectivity index (χ3v) is 5.39. The molecule has 1 aliphatic rings. The lowest BCUT2D eigenvalue weighted by atomic mass is 9.95. The summed E-state index contributed by atoms with van der Waals surface area (Å²) in [4.78, 5) is 28.6. The van der Waals surface area contributed by atoms with Crippen LogP contribution in [0.2, 0.25) is 0 Å². The Labute approximate surface area is 155 Å². The highest BCUT2D eigenvalue weighted by molar-refractivity contribution is 7.13. The molecule has 0 bridgehead atoms. The molecular weight excluding hydrogens is 346 g/mol. The van der Waals surface area contributed by atoms with Crippen LogP contribution in [-0.2, 0) is 17.6 Å². The van der Waals surface area contributed by atoms with E-state index in [1.807, 2.05) is 40.6 Å². The van der Waals surface area contributed by atoms with Crippen LogP contribution >= 0.6 is 11.3 Å². The topological polar surface area (TPSA) is 85.0 Å². The van der Waals surface area contributed by atoms with Crippen molar-refractivity contribution >= 4 is 22.9 Å². The molecule has 1 amide bonds. The van der Waals surface area contributed by atoms with Crippen molar-refractivity contribution in [3.63, 3.8) is 0 Å². The van der Waals surface area contributed by atoms with Crippen LogP contribution in [0.3, 0.4) is 0 Å². The van der Waals surface area contributed by atoms with Gasteiger partial charge < -0.3 is 10.6 Å². The Morgan fingerprint density at radius 2 is 2.00 bits per heavy atom. The molecule has 26 heavy (non-hydrogen) atoms. The number of likely N-dealkylation sites (tertiary alicyclic amines) is 1. The maximum absolute atomic E-state index is 12.5. The van der Waals surface area contributed by atoms with E-state index in [0.29, 0.717) is 17.3 Å². The van der Waals surface area contributed by atoms with Crippen molar-refractivity contribution in [2.75, 3.05) is 18.8 Å². The van der Waals surface area contributed by atoms with Crippen molar-refractivity contribution in [3.05, 3.63) is 59.6 Å². The molecule has 2 N–H and O–H groups in total. The van der Waals surface area contributed by atoms with Gasteiger partial charge in [0.2, 0.25) is 5.91 Å². The van der Waals surface area contributed by atoms with Crippen molar-refractivity contribution in [3.8, 4) is 10.6 Å². The number of aromatic nitrogens is 3. The summed E-state index contributed by atoms with van der Waals surface area (Å²) >= 11 is 1.62. The second kappa shape index (κ2) is 7.21. The quantitative estimate of drug-likeness (QED) is 0.750. The zero-order chi connectivity index (χ0) is 17.9. The van der Waals surface area contributed by atoms with E-state index in [0.717, 1.165) is 35.9 Å². The molecule has 1 fully saturated rings. The summed E-state index contributed by atoms with van der Waals surface area (Å²) in [5.74, 6) is 1.32. The van der Waals surface area contributed by atoms with E-state index in [9.17, 15) is 4.79 Å². The molecule has 0 radical (unpaired) electrons. The van der Waals surface area contributed by atoms with E-state index in [2.05, 4.69) is 15.0 Å². The number of amides is 1. The van der Waals surface area contributed by atoms with E-state index in [-0.39, 0.29) is 12.3 Å². The molecule has 0 unspecified atom stereocenters. The van der Waals surface area contributed by atoms with Crippen molar-refractivity contribution in [1.82, 2.24) is 19.9 Å². The number of anilines is 1. The first-order chi connectivity index (χ1) is 12.7. The number of carbonyl (C=O) groups excluding carboxylic acids is 1. The molecule has 132 valence electrons. The largest absolute Gasteiger partial charge is 0.397 e. The Morgan fingerprint density at radius 1 is 1.19 bits per heavy atom. The second-order valence-corrected chi connectivity index (χ2v) is 7.37. The summed E-state index contributed by atoms with van der Waals surface area (Å²) < 4.78 is 0. The standard InChI is InChI=1S/C19H19N5OS/c20-14-4-5-15(17-3-1-8-26-17)23-16(14)10-19(25)24-11-13(12-24)9-18-21-6-2-7-22-18/h1-8,13H,9-12,20H2. The fraction of sp³-hybridized carbons (Fsp3) is 0.263. The lowest BCUT2D eigenvalue weighted by molar-refractivity contribution is -0.136. The molecule has 0 spiro atoms. The van der Waals surface area contributed by atoms with Crippen LogP contribution in [0.5, 0.6) is 0 Å². The highest BCUT2D eigenvalue weighted by atomic mass is 32.1. The van der Waals surface area contributed by atoms with Crippen molar-refractivity contribution in [1.29, 1.82) is 0 Å². The normalized spacial score (nSPS) is 14.2. The first kappa shape index (κ1) is 16.7. The highest BCUT2D eigenvalue weighted by Crippen LogP contribution is 2.26. The predicted molar refractivity (Wildman–Crippen MR) is 101 cm³/mol. The molecule has 0 aliphatic carbocycles. The lowest BCUT2D eigenvalue weighted by Gasteiger charge is -2.39. The Bertz CT molecular complexity index is 892. The number of nitrogens with zero attached hydrogens (tertiary/aromatic N) is 4. The van der Waals surface area contributed by atoms with Gasteiger partial charge in [0.05, 0.1) is 28.4 Å². The zero-order valence-corrected chi connectivity index (χ0v) is 15.0. The predicted octanol–water partition coefficient (Wildman–Crippen LogP) is 2.43. The highest BCUT2D eigenvalue weighted by Gasteiger charge is 2.31. The smallest absolute Gasteiger partial charge is 0.228 e. The maximum atomic E-state index is 12.5. The van der Waals surface area contributed by atoms with Gasteiger partial charge >= 0.3 is 0 Å². The Morgan fingerprint density at radius 3 is 2.73 bits per heavy atom. The number of rotatable bonds is 5. The van der Waals surface area contributed by atoms with Gasteiger partial charge in [-0.05, 0) is 29.6 Å². The van der Waals surface area contributed by atoms with Gasteiger partial charge in [-0.1, -0.05) is 6.07 Å². The van der Waals surface area contributed by atoms with E-state index in [4.69, 9.17) is 5.73 Å². The average Bonchev–Trinajstić information content (AvgIpc) is 3.15. The molecule has 7 heteroatoms. The van der Waals surface area contributed by atoms with Crippen LogP contribution in [0.4, 0.5) is 5.69 Å². The van der Waals surface area contributed by atoms with E-state index >= 15 is 0 Å². The summed E-state index contributed by atoms with van der Waals surface area (Å²) in [5.41, 5.74) is 8.11. The van der Waals surface area contributed by atoms with Crippen molar-refractivity contribution < 1.29 is 4.79 Å². The zero-order valence-electron chi connectivity index (χ0n) is 14.2. The molecule has 0 saturated carbocycles. The van der Waals surface area contributed by atoms with Crippen LogP contribution in [-0.4, -0.2) is 38.8 Å². The van der Waals surface area contributed by atoms with E-state index < -0.39 is 0 Å². The van der Waals surface area contributed by atoms with Gasteiger partial charge in [-0.2, -0.15) is 0 Å². The fourth-order valence-electron chi connectivity index (χ4n) is 3.07. The second-order valence-electron chi connectivity index (χ2n) is 6.42. The molecule has 6 nitrogen and oxygen atoms in total. The van der Waals surface area contributed by atoms with Crippen LogP contribution in [0.25, 0.3) is 10.6 Å². The van der Waals surface area contributed by atoms with Crippen molar-refractivity contribution in [2.45, 2.75) is 12.8 Å². The minimum Gasteiger partial charge on any atom is -0.397 e. The lowest BCUT2D eigenvalue weighted by Crippen LogP contribution is -2.51. The Kier molecular flexibility index (Phi) is 4.62. The SMILES string of the molecule is Nc1ccc(-c2cccs2)nc1CC(=O)N1CC(Cc2ncccn2)C1. The summed E-state index contributed by atoms with van der Waals surface area (Å²) in [6.45, 7) is 1.48. The summed E-state index contributed by atoms with van der Waals surface area (Å²) in [7, 11) is 0. The van der Waals surface area contributed by atoms with Gasteiger partial charge in [0, 0.05) is 37.8 Å². The third kappa shape index (κ3) is 3.57. The minimum atomic E-state index is 0.0674. The average molecular weight is 365 g/mol. The van der Waals surface area contributed by atoms with Gasteiger partial charge in [0.25, 0.3) is 0 Å². The van der Waals surface area contributed by atoms with Crippen LogP contribution in [0.15, 0.2) is 48.1 Å². The molecular formula is C19H19N5OS. The van der Waals surface area contributed by atoms with Crippen LogP contribution in [0.1, 0.15) is 11.5 Å². The molecule has 4 heterocycles. The van der Waals surface area contributed by atoms with E-state index in [1.54, 1.807) is 23.7 Å². The molecule has 0 atom stereocenters. The van der Waals surface area contributed by atoms with Gasteiger partial charge in [-0.15, -0.1) is 11.3 Å². The summed E-state index contributed by atoms with van der Waals surface area (Å²) in [5, 5.41) is 2.01. The Balaban J connectivity index is 1.36. The van der Waals surface area contributed by atoms with Crippen LogP contribution in [0, 0.1) is 5.92 Å². The minimum absolute atomic E-state index is 0.0674. The Hall–Kier alpha value is -2.80. The van der Waals surface area contributed by atoms with Crippen molar-refractivity contribution in [2.24, 2.45) is 5.92 Å². The fourth-order valence-corrected chi connectivity index (χ4v) is 3.76. The molecule has 1 saturated heterocycles. The van der Waals surface area contributed by atoms with E-state index in [1.165, 1.54) is 0 Å². The molecule has 0 aromatic carbocycles. The number of hydrogen-bond acceptors (Lipinski definition) is 6. The first-order valence-corrected chi connectivity index (χ1v) is 9.40. The molecule has 3 aromatic heterocycles. The van der Waals surface area contributed by atoms with Gasteiger partial charge in [0.1, 0.15) is 5.82 Å². The maximum Gasteiger partial charge on any atom is 0.228 e. The van der Waals surface area contributed by atoms with Gasteiger partial charge in [-0.25, -0.2) is 15.0 Å². The number of nitrogens with two attached hydrogens (primary N) is 1. The first-order valence-electron chi connectivity index (χ1n) is 8.52. The summed E-state index contributed by atoms with van der Waals surface area (Å²) in [6, 6.07) is 9.53. The van der Waals surface area contributed by atoms with Gasteiger partial charge in [0.15, 0.2) is 0 Å². The number of carbonyl (C=O) groups is 1. The molecule has 3 aromatic rings. The monoisotopic (exact) mass is 365 g/mol. The molecule has 4 rings (SSSR count).